The third-order valence-corrected chi connectivity index (χ3v) is 2.96. The Labute approximate surface area is 127 Å². The molecule has 0 saturated carbocycles. The molecule has 0 spiro atoms. The number of hydrogen-bond acceptors (Lipinski definition) is 6. The number of carboxylic acids is 2. The second kappa shape index (κ2) is 10.0. The topological polar surface area (TPSA) is 149 Å². The maximum atomic E-state index is 11.2. The summed E-state index contributed by atoms with van der Waals surface area (Å²) in [4.78, 5) is 42.9. The van der Waals surface area contributed by atoms with E-state index in [1.165, 1.54) is 0 Å². The molecule has 0 aliphatic heterocycles. The zero-order valence-corrected chi connectivity index (χ0v) is 12.3. The van der Waals surface area contributed by atoms with E-state index < -0.39 is 42.8 Å². The van der Waals surface area contributed by atoms with E-state index in [0.29, 0.717) is 25.7 Å². The van der Waals surface area contributed by atoms with Crippen LogP contribution in [0.2, 0.25) is 0 Å². The highest BCUT2D eigenvalue weighted by Gasteiger charge is 2.26. The van der Waals surface area contributed by atoms with E-state index in [9.17, 15) is 29.4 Å². The van der Waals surface area contributed by atoms with Crippen LogP contribution in [0.5, 0.6) is 0 Å². The molecule has 0 aromatic carbocycles. The summed E-state index contributed by atoms with van der Waals surface area (Å²) < 4.78 is 0. The van der Waals surface area contributed by atoms with E-state index in [-0.39, 0.29) is 18.6 Å². The van der Waals surface area contributed by atoms with Crippen molar-refractivity contribution in [2.24, 2.45) is 0 Å². The Morgan fingerprint density at radius 1 is 0.727 bits per heavy atom. The highest BCUT2D eigenvalue weighted by Crippen LogP contribution is 2.18. The number of Topliss-reactive ketones (excluding diaryl/α,β-unsaturated/α-hetero) is 2. The largest absolute Gasteiger partial charge is 0.481 e. The number of carbonyl (C=O) groups is 4. The van der Waals surface area contributed by atoms with E-state index in [2.05, 4.69) is 0 Å². The van der Waals surface area contributed by atoms with Gasteiger partial charge in [0.1, 0.15) is 24.4 Å². The molecule has 0 saturated heterocycles. The lowest BCUT2D eigenvalue weighted by molar-refractivity contribution is -0.176. The van der Waals surface area contributed by atoms with Gasteiger partial charge in [0.25, 0.3) is 0 Å². The fourth-order valence-electron chi connectivity index (χ4n) is 1.98. The van der Waals surface area contributed by atoms with Gasteiger partial charge >= 0.3 is 11.9 Å². The highest BCUT2D eigenvalue weighted by atomic mass is 16.5. The van der Waals surface area contributed by atoms with Crippen LogP contribution in [0.1, 0.15) is 57.8 Å². The Morgan fingerprint density at radius 2 is 1.23 bits per heavy atom. The van der Waals surface area contributed by atoms with Gasteiger partial charge in [-0.2, -0.15) is 0 Å². The van der Waals surface area contributed by atoms with Crippen LogP contribution in [-0.4, -0.2) is 49.7 Å². The second-order valence-corrected chi connectivity index (χ2v) is 5.29. The molecule has 0 aliphatic rings. The molecule has 0 fully saturated rings. The van der Waals surface area contributed by atoms with E-state index in [1.807, 2.05) is 0 Å². The summed E-state index contributed by atoms with van der Waals surface area (Å²) in [5.41, 5.74) is 0. The summed E-state index contributed by atoms with van der Waals surface area (Å²) in [6, 6.07) is 0. The predicted octanol–water partition coefficient (Wildman–Crippen LogP) is 0.486. The lowest BCUT2D eigenvalue weighted by Gasteiger charge is -2.20. The molecule has 0 atom stereocenters. The average molecular weight is 318 g/mol. The normalized spacial score (nSPS) is 11.2. The van der Waals surface area contributed by atoms with Crippen molar-refractivity contribution in [2.45, 2.75) is 63.6 Å². The van der Waals surface area contributed by atoms with Crippen molar-refractivity contribution in [1.29, 1.82) is 0 Å². The van der Waals surface area contributed by atoms with Crippen LogP contribution in [0.25, 0.3) is 0 Å². The number of aliphatic carboxylic acids is 2. The lowest BCUT2D eigenvalue weighted by atomic mass is 9.99. The molecular formula is C14H22O8. The maximum absolute atomic E-state index is 11.2. The molecular weight excluding hydrogens is 296 g/mol. The summed E-state index contributed by atoms with van der Waals surface area (Å²) >= 11 is 0. The van der Waals surface area contributed by atoms with E-state index in [4.69, 9.17) is 10.2 Å². The van der Waals surface area contributed by atoms with Crippen molar-refractivity contribution < 1.29 is 39.6 Å². The number of aliphatic hydroxyl groups is 2. The van der Waals surface area contributed by atoms with Gasteiger partial charge in [-0.15, -0.1) is 0 Å². The number of rotatable bonds is 13. The SMILES string of the molecule is O=C(O)CC(=O)CCCCCCC(O)(O)CC(=O)CC(=O)O. The van der Waals surface area contributed by atoms with Crippen LogP contribution >= 0.6 is 0 Å². The number of carbonyl (C=O) groups excluding carboxylic acids is 2. The van der Waals surface area contributed by atoms with Gasteiger partial charge in [-0.25, -0.2) is 0 Å². The smallest absolute Gasteiger partial charge is 0.310 e. The van der Waals surface area contributed by atoms with Gasteiger partial charge in [0.05, 0.1) is 6.42 Å². The number of ketones is 2. The fraction of sp³-hybridized carbons (Fsp3) is 0.714. The molecule has 0 aliphatic carbocycles. The Kier molecular flexibility index (Phi) is 9.20. The van der Waals surface area contributed by atoms with Gasteiger partial charge in [0, 0.05) is 12.8 Å². The number of unbranched alkanes of at least 4 members (excludes halogenated alkanes) is 3. The zero-order valence-electron chi connectivity index (χ0n) is 12.3. The van der Waals surface area contributed by atoms with Crippen molar-refractivity contribution >= 4 is 23.5 Å². The van der Waals surface area contributed by atoms with E-state index in [1.54, 1.807) is 0 Å². The van der Waals surface area contributed by atoms with Crippen LogP contribution in [0.4, 0.5) is 0 Å². The molecule has 4 N–H and O–H groups in total. The van der Waals surface area contributed by atoms with E-state index in [0.717, 1.165) is 0 Å². The van der Waals surface area contributed by atoms with Gasteiger partial charge in [0.2, 0.25) is 0 Å². The molecule has 22 heavy (non-hydrogen) atoms. The van der Waals surface area contributed by atoms with Gasteiger partial charge in [-0.05, 0) is 12.8 Å². The molecule has 8 nitrogen and oxygen atoms in total. The van der Waals surface area contributed by atoms with Gasteiger partial charge in [-0.3, -0.25) is 19.2 Å². The van der Waals surface area contributed by atoms with Crippen LogP contribution in [-0.2, 0) is 19.2 Å². The first-order valence-corrected chi connectivity index (χ1v) is 7.04. The Hall–Kier alpha value is -1.80. The zero-order chi connectivity index (χ0) is 17.2. The Balaban J connectivity index is 3.76. The standard InChI is InChI=1S/C14H22O8/c15-10(7-12(17)18)5-3-1-2-4-6-14(21,22)9-11(16)8-13(19)20/h21-22H,1-9H2,(H,17,18)(H,19,20). The van der Waals surface area contributed by atoms with Crippen LogP contribution < -0.4 is 0 Å². The molecule has 0 radical (unpaired) electrons. The first-order chi connectivity index (χ1) is 10.1. The van der Waals surface area contributed by atoms with Crippen molar-refractivity contribution in [1.82, 2.24) is 0 Å². The second-order valence-electron chi connectivity index (χ2n) is 5.29. The number of hydrogen-bond donors (Lipinski definition) is 4. The summed E-state index contributed by atoms with van der Waals surface area (Å²) in [5, 5.41) is 35.9. The molecule has 0 aromatic heterocycles. The minimum absolute atomic E-state index is 0.0680. The molecule has 126 valence electrons. The summed E-state index contributed by atoms with van der Waals surface area (Å²) in [6.07, 6.45) is 0.399. The third kappa shape index (κ3) is 12.0. The van der Waals surface area contributed by atoms with E-state index >= 15 is 0 Å². The molecule has 0 rings (SSSR count). The quantitative estimate of drug-likeness (QED) is 0.218. The summed E-state index contributed by atoms with van der Waals surface area (Å²) in [6.45, 7) is 0. The Bertz CT molecular complexity index is 413. The third-order valence-electron chi connectivity index (χ3n) is 2.96. The Morgan fingerprint density at radius 3 is 1.77 bits per heavy atom. The van der Waals surface area contributed by atoms with Gasteiger partial charge in [0.15, 0.2) is 5.79 Å². The molecule has 0 amide bonds. The first-order valence-electron chi connectivity index (χ1n) is 7.04. The van der Waals surface area contributed by atoms with Crippen LogP contribution in [0.15, 0.2) is 0 Å². The van der Waals surface area contributed by atoms with Crippen molar-refractivity contribution in [2.75, 3.05) is 0 Å². The molecule has 8 heteroatoms. The minimum Gasteiger partial charge on any atom is -0.481 e. The summed E-state index contributed by atoms with van der Waals surface area (Å²) in [7, 11) is 0. The lowest BCUT2D eigenvalue weighted by Crippen LogP contribution is -2.31. The van der Waals surface area contributed by atoms with Crippen molar-refractivity contribution in [3.05, 3.63) is 0 Å². The maximum Gasteiger partial charge on any atom is 0.310 e. The molecule has 0 heterocycles. The molecule has 0 bridgehead atoms. The van der Waals surface area contributed by atoms with Crippen LogP contribution in [0.3, 0.4) is 0 Å². The number of carboxylic acid groups (broad SMARTS) is 2. The monoisotopic (exact) mass is 318 g/mol. The van der Waals surface area contributed by atoms with Crippen molar-refractivity contribution in [3.63, 3.8) is 0 Å². The summed E-state index contributed by atoms with van der Waals surface area (Å²) in [5.74, 6) is -5.78. The average Bonchev–Trinajstić information content (AvgIpc) is 2.30. The van der Waals surface area contributed by atoms with Crippen molar-refractivity contribution in [3.8, 4) is 0 Å². The van der Waals surface area contributed by atoms with Crippen LogP contribution in [0, 0.1) is 0 Å². The predicted molar refractivity (Wildman–Crippen MR) is 74.0 cm³/mol. The highest BCUT2D eigenvalue weighted by molar-refractivity contribution is 5.95. The molecule has 0 aromatic rings. The van der Waals surface area contributed by atoms with Gasteiger partial charge in [-0.1, -0.05) is 12.8 Å². The first kappa shape index (κ1) is 20.2. The molecule has 0 unspecified atom stereocenters. The fourth-order valence-corrected chi connectivity index (χ4v) is 1.98. The minimum atomic E-state index is -2.22. The van der Waals surface area contributed by atoms with Gasteiger partial charge < -0.3 is 20.4 Å².